The minimum atomic E-state index is -0.272. The first-order valence-electron chi connectivity index (χ1n) is 10.4. The summed E-state index contributed by atoms with van der Waals surface area (Å²) in [5.74, 6) is 0.518. The molecule has 0 atom stereocenters. The minimum absolute atomic E-state index is 0.272. The zero-order valence-corrected chi connectivity index (χ0v) is 17.9. The molecule has 0 aliphatic rings. The number of hydrogen-bond donors (Lipinski definition) is 2. The number of aromatic nitrogens is 4. The summed E-state index contributed by atoms with van der Waals surface area (Å²) in [6.45, 7) is 1.97. The van der Waals surface area contributed by atoms with Gasteiger partial charge in [-0.15, -0.1) is 0 Å². The van der Waals surface area contributed by atoms with Crippen molar-refractivity contribution in [3.8, 4) is 22.6 Å². The van der Waals surface area contributed by atoms with E-state index in [4.69, 9.17) is 9.97 Å². The van der Waals surface area contributed by atoms with Crippen molar-refractivity contribution in [1.29, 1.82) is 0 Å². The third-order valence-electron chi connectivity index (χ3n) is 5.45. The number of imidazole rings is 1. The molecule has 6 heteroatoms. The molecule has 5 aromatic rings. The second-order valence-corrected chi connectivity index (χ2v) is 7.72. The highest BCUT2D eigenvalue weighted by molar-refractivity contribution is 5.86. The molecule has 0 saturated carbocycles. The van der Waals surface area contributed by atoms with E-state index in [1.54, 1.807) is 19.3 Å². The van der Waals surface area contributed by atoms with Crippen LogP contribution < -0.4 is 5.32 Å². The smallest absolute Gasteiger partial charge is 0.146 e. The van der Waals surface area contributed by atoms with Gasteiger partial charge in [0, 0.05) is 36.3 Å². The van der Waals surface area contributed by atoms with Crippen molar-refractivity contribution in [2.24, 2.45) is 0 Å². The maximum absolute atomic E-state index is 13.9. The largest absolute Gasteiger partial charge is 0.386 e. The lowest BCUT2D eigenvalue weighted by molar-refractivity contribution is 0.630. The van der Waals surface area contributed by atoms with Gasteiger partial charge < -0.3 is 10.3 Å². The van der Waals surface area contributed by atoms with Gasteiger partial charge in [0.25, 0.3) is 0 Å². The lowest BCUT2D eigenvalue weighted by Crippen LogP contribution is -1.96. The summed E-state index contributed by atoms with van der Waals surface area (Å²) in [7, 11) is 1.71. The van der Waals surface area contributed by atoms with Crippen LogP contribution in [0.15, 0.2) is 72.9 Å². The van der Waals surface area contributed by atoms with Crippen LogP contribution in [0.2, 0.25) is 0 Å². The van der Waals surface area contributed by atoms with Crippen molar-refractivity contribution in [3.63, 3.8) is 0 Å². The summed E-state index contributed by atoms with van der Waals surface area (Å²) in [5.41, 5.74) is 6.82. The Kier molecular flexibility index (Phi) is 5.11. The summed E-state index contributed by atoms with van der Waals surface area (Å²) in [6.07, 6.45) is 2.34. The van der Waals surface area contributed by atoms with Gasteiger partial charge in [0.2, 0.25) is 0 Å². The molecule has 3 aromatic heterocycles. The van der Waals surface area contributed by atoms with E-state index in [1.165, 1.54) is 6.07 Å². The zero-order valence-electron chi connectivity index (χ0n) is 17.9. The van der Waals surface area contributed by atoms with Gasteiger partial charge >= 0.3 is 0 Å². The fourth-order valence-corrected chi connectivity index (χ4v) is 3.87. The van der Waals surface area contributed by atoms with Crippen LogP contribution in [0, 0.1) is 12.7 Å². The number of nitrogens with zero attached hydrogens (tertiary/aromatic N) is 3. The Morgan fingerprint density at radius 3 is 2.72 bits per heavy atom. The number of pyridine rings is 2. The first-order valence-corrected chi connectivity index (χ1v) is 10.4. The van der Waals surface area contributed by atoms with E-state index in [1.807, 2.05) is 55.5 Å². The van der Waals surface area contributed by atoms with E-state index >= 15 is 0 Å². The second-order valence-electron chi connectivity index (χ2n) is 7.72. The Morgan fingerprint density at radius 2 is 1.88 bits per heavy atom. The number of H-pyrrole nitrogens is 1. The number of anilines is 1. The van der Waals surface area contributed by atoms with Crippen LogP contribution in [0.4, 0.5) is 10.1 Å². The molecule has 0 unspecified atom stereocenters. The van der Waals surface area contributed by atoms with Gasteiger partial charge in [-0.2, -0.15) is 0 Å². The standard InChI is InChI=1S/C26H22FN5/c1-16-5-3-7-22(30-16)26-25(19-9-11-21-18(15-19)6-4-12-29-21)31-24(32-26)14-17-8-10-20(27)23(13-17)28-2/h3-13,15,28H,14H2,1-2H3,(H,31,32). The number of benzene rings is 2. The number of aromatic amines is 1. The normalized spacial score (nSPS) is 11.1. The van der Waals surface area contributed by atoms with Crippen molar-refractivity contribution in [2.45, 2.75) is 13.3 Å². The quantitative estimate of drug-likeness (QED) is 0.377. The summed E-state index contributed by atoms with van der Waals surface area (Å²) < 4.78 is 13.9. The summed E-state index contributed by atoms with van der Waals surface area (Å²) >= 11 is 0. The van der Waals surface area contributed by atoms with Gasteiger partial charge in [0.1, 0.15) is 11.6 Å². The number of halogens is 1. The lowest BCUT2D eigenvalue weighted by Gasteiger charge is -2.05. The van der Waals surface area contributed by atoms with E-state index in [0.717, 1.165) is 50.6 Å². The number of nitrogens with one attached hydrogen (secondary N) is 2. The monoisotopic (exact) mass is 423 g/mol. The molecule has 0 bridgehead atoms. The molecule has 0 spiro atoms. The van der Waals surface area contributed by atoms with E-state index in [-0.39, 0.29) is 5.82 Å². The molecule has 0 radical (unpaired) electrons. The number of aryl methyl sites for hydroxylation is 1. The molecule has 5 nitrogen and oxygen atoms in total. The Hall–Kier alpha value is -4.06. The third-order valence-corrected chi connectivity index (χ3v) is 5.45. The molecular formula is C26H22FN5. The Balaban J connectivity index is 1.62. The summed E-state index contributed by atoms with van der Waals surface area (Å²) in [4.78, 5) is 17.5. The molecule has 0 amide bonds. The summed E-state index contributed by atoms with van der Waals surface area (Å²) in [5, 5.41) is 3.94. The van der Waals surface area contributed by atoms with Crippen molar-refractivity contribution in [2.75, 3.05) is 12.4 Å². The van der Waals surface area contributed by atoms with Crippen LogP contribution >= 0.6 is 0 Å². The molecule has 3 heterocycles. The molecular weight excluding hydrogens is 401 g/mol. The lowest BCUT2D eigenvalue weighted by atomic mass is 10.1. The van der Waals surface area contributed by atoms with Crippen LogP contribution in [-0.2, 0) is 6.42 Å². The predicted octanol–water partition coefficient (Wildman–Crippen LogP) is 5.77. The van der Waals surface area contributed by atoms with Crippen molar-refractivity contribution < 1.29 is 4.39 Å². The first-order chi connectivity index (χ1) is 15.6. The second kappa shape index (κ2) is 8.23. The molecule has 32 heavy (non-hydrogen) atoms. The zero-order chi connectivity index (χ0) is 22.1. The maximum Gasteiger partial charge on any atom is 0.146 e. The van der Waals surface area contributed by atoms with Crippen LogP contribution in [0.25, 0.3) is 33.5 Å². The van der Waals surface area contributed by atoms with E-state index < -0.39 is 0 Å². The number of fused-ring (bicyclic) bond motifs is 1. The van der Waals surface area contributed by atoms with Gasteiger partial charge in [-0.3, -0.25) is 9.97 Å². The molecule has 2 aromatic carbocycles. The van der Waals surface area contributed by atoms with E-state index in [0.29, 0.717) is 12.1 Å². The number of rotatable bonds is 5. The summed E-state index contributed by atoms with van der Waals surface area (Å²) in [6, 6.07) is 21.1. The SMILES string of the molecule is CNc1cc(Cc2nc(-c3ccc4ncccc4c3)c(-c3cccc(C)n3)[nH]2)ccc1F. The number of hydrogen-bond acceptors (Lipinski definition) is 4. The molecule has 2 N–H and O–H groups in total. The Morgan fingerprint density at radius 1 is 0.969 bits per heavy atom. The Bertz CT molecular complexity index is 1420. The van der Waals surface area contributed by atoms with Crippen molar-refractivity contribution >= 4 is 16.6 Å². The van der Waals surface area contributed by atoms with Crippen LogP contribution in [0.3, 0.4) is 0 Å². The van der Waals surface area contributed by atoms with Crippen molar-refractivity contribution in [3.05, 3.63) is 95.8 Å². The van der Waals surface area contributed by atoms with Gasteiger partial charge in [-0.25, -0.2) is 9.37 Å². The van der Waals surface area contributed by atoms with Gasteiger partial charge in [0.15, 0.2) is 0 Å². The molecule has 158 valence electrons. The molecule has 0 aliphatic carbocycles. The molecule has 0 saturated heterocycles. The maximum atomic E-state index is 13.9. The van der Waals surface area contributed by atoms with E-state index in [2.05, 4.69) is 21.4 Å². The minimum Gasteiger partial charge on any atom is -0.386 e. The Labute approximate surface area is 185 Å². The third kappa shape index (κ3) is 3.83. The topological polar surface area (TPSA) is 66.5 Å². The molecule has 5 rings (SSSR count). The van der Waals surface area contributed by atoms with Gasteiger partial charge in [-0.1, -0.05) is 24.3 Å². The average molecular weight is 423 g/mol. The van der Waals surface area contributed by atoms with Crippen LogP contribution in [0.5, 0.6) is 0 Å². The average Bonchev–Trinajstić information content (AvgIpc) is 3.24. The molecule has 0 fully saturated rings. The van der Waals surface area contributed by atoms with Crippen molar-refractivity contribution in [1.82, 2.24) is 19.9 Å². The highest BCUT2D eigenvalue weighted by Gasteiger charge is 2.16. The predicted molar refractivity (Wildman–Crippen MR) is 126 cm³/mol. The van der Waals surface area contributed by atoms with Crippen LogP contribution in [0.1, 0.15) is 17.1 Å². The van der Waals surface area contributed by atoms with Crippen LogP contribution in [-0.4, -0.2) is 27.0 Å². The molecule has 0 aliphatic heterocycles. The highest BCUT2D eigenvalue weighted by atomic mass is 19.1. The first kappa shape index (κ1) is 19.9. The fraction of sp³-hybridized carbons (Fsp3) is 0.115. The van der Waals surface area contributed by atoms with Gasteiger partial charge in [0.05, 0.1) is 28.3 Å². The highest BCUT2D eigenvalue weighted by Crippen LogP contribution is 2.31. The van der Waals surface area contributed by atoms with E-state index in [9.17, 15) is 4.39 Å². The van der Waals surface area contributed by atoms with Gasteiger partial charge in [-0.05, 0) is 55.0 Å². The fourth-order valence-electron chi connectivity index (χ4n) is 3.87.